The Morgan fingerprint density at radius 3 is 3.17 bits per heavy atom. The number of halogens is 1. The van der Waals surface area contributed by atoms with E-state index >= 15 is 0 Å². The zero-order valence-corrected chi connectivity index (χ0v) is 14.0. The molecule has 1 aliphatic heterocycles. The van der Waals surface area contributed by atoms with Gasteiger partial charge in [0.25, 0.3) is 0 Å². The van der Waals surface area contributed by atoms with Crippen LogP contribution in [0.15, 0.2) is 30.7 Å². The Kier molecular flexibility index (Phi) is 4.32. The lowest BCUT2D eigenvalue weighted by Gasteiger charge is -2.23. The molecule has 0 bridgehead atoms. The second kappa shape index (κ2) is 6.75. The van der Waals surface area contributed by atoms with Crippen molar-refractivity contribution < 1.29 is 0 Å². The highest BCUT2D eigenvalue weighted by Gasteiger charge is 2.14. The number of aromatic amines is 1. The van der Waals surface area contributed by atoms with Crippen LogP contribution in [-0.2, 0) is 0 Å². The van der Waals surface area contributed by atoms with Crippen molar-refractivity contribution in [3.63, 3.8) is 0 Å². The fourth-order valence-electron chi connectivity index (χ4n) is 3.10. The van der Waals surface area contributed by atoms with Gasteiger partial charge in [-0.15, -0.1) is 0 Å². The molecule has 1 aliphatic rings. The maximum absolute atomic E-state index is 6.07. The molecule has 24 heavy (non-hydrogen) atoms. The van der Waals surface area contributed by atoms with Crippen LogP contribution in [0.4, 0.5) is 5.82 Å². The minimum absolute atomic E-state index is 0.599. The van der Waals surface area contributed by atoms with Gasteiger partial charge in [-0.3, -0.25) is 0 Å². The summed E-state index contributed by atoms with van der Waals surface area (Å²) < 4.78 is 0. The van der Waals surface area contributed by atoms with Gasteiger partial charge in [-0.05, 0) is 44.0 Å². The van der Waals surface area contributed by atoms with Crippen LogP contribution in [0, 0.1) is 5.92 Å². The molecule has 0 aliphatic carbocycles. The van der Waals surface area contributed by atoms with E-state index in [1.165, 1.54) is 12.8 Å². The minimum Gasteiger partial charge on any atom is -0.370 e. The molecule has 0 spiro atoms. The molecule has 4 rings (SSSR count). The first-order chi connectivity index (χ1) is 11.8. The van der Waals surface area contributed by atoms with Gasteiger partial charge in [0.1, 0.15) is 11.5 Å². The van der Waals surface area contributed by atoms with Crippen molar-refractivity contribution in [1.29, 1.82) is 0 Å². The van der Waals surface area contributed by atoms with Crippen LogP contribution in [0.5, 0.6) is 0 Å². The molecule has 0 radical (unpaired) electrons. The number of H-pyrrole nitrogens is 1. The fourth-order valence-corrected chi connectivity index (χ4v) is 3.25. The van der Waals surface area contributed by atoms with Crippen molar-refractivity contribution in [1.82, 2.24) is 25.3 Å². The normalized spacial score (nSPS) is 18.0. The van der Waals surface area contributed by atoms with E-state index in [2.05, 4.69) is 30.6 Å². The van der Waals surface area contributed by atoms with Crippen LogP contribution in [0.2, 0.25) is 5.02 Å². The summed E-state index contributed by atoms with van der Waals surface area (Å²) in [5, 5.41) is 8.39. The van der Waals surface area contributed by atoms with Gasteiger partial charge in [-0.25, -0.2) is 15.0 Å². The number of hydrogen-bond donors (Lipinski definition) is 3. The van der Waals surface area contributed by atoms with Crippen molar-refractivity contribution in [2.45, 2.75) is 12.8 Å². The number of nitrogens with one attached hydrogen (secondary N) is 3. The largest absolute Gasteiger partial charge is 0.370 e. The van der Waals surface area contributed by atoms with Crippen LogP contribution >= 0.6 is 11.6 Å². The third-order valence-corrected chi connectivity index (χ3v) is 4.57. The molecule has 6 nitrogen and oxygen atoms in total. The number of fused-ring (bicyclic) bond motifs is 1. The van der Waals surface area contributed by atoms with Crippen molar-refractivity contribution >= 4 is 28.5 Å². The average molecular weight is 343 g/mol. The number of nitrogens with zero attached hydrogens (tertiary/aromatic N) is 3. The van der Waals surface area contributed by atoms with Gasteiger partial charge in [-0.1, -0.05) is 11.6 Å². The van der Waals surface area contributed by atoms with Gasteiger partial charge in [0, 0.05) is 36.1 Å². The van der Waals surface area contributed by atoms with Gasteiger partial charge < -0.3 is 15.6 Å². The predicted molar refractivity (Wildman–Crippen MR) is 96.2 cm³/mol. The van der Waals surface area contributed by atoms with E-state index < -0.39 is 0 Å². The Hall–Kier alpha value is -2.18. The number of anilines is 1. The first kappa shape index (κ1) is 15.4. The molecule has 1 fully saturated rings. The van der Waals surface area contributed by atoms with Gasteiger partial charge in [-0.2, -0.15) is 0 Å². The zero-order chi connectivity index (χ0) is 16.4. The molecule has 4 heterocycles. The van der Waals surface area contributed by atoms with Crippen LogP contribution in [0.3, 0.4) is 0 Å². The van der Waals surface area contributed by atoms with Gasteiger partial charge in [0.2, 0.25) is 0 Å². The van der Waals surface area contributed by atoms with Gasteiger partial charge in [0.05, 0.1) is 5.02 Å². The molecular formula is C17H19ClN6. The van der Waals surface area contributed by atoms with E-state index in [4.69, 9.17) is 11.6 Å². The molecule has 7 heteroatoms. The first-order valence-electron chi connectivity index (χ1n) is 8.20. The van der Waals surface area contributed by atoms with Gasteiger partial charge in [0.15, 0.2) is 5.82 Å². The van der Waals surface area contributed by atoms with Gasteiger partial charge >= 0.3 is 0 Å². The summed E-state index contributed by atoms with van der Waals surface area (Å²) in [6.45, 7) is 3.12. The van der Waals surface area contributed by atoms with E-state index in [0.717, 1.165) is 42.0 Å². The molecule has 3 aromatic heterocycles. The molecule has 1 saturated heterocycles. The monoisotopic (exact) mass is 342 g/mol. The smallest absolute Gasteiger partial charge is 0.163 e. The Balaban J connectivity index is 1.56. The summed E-state index contributed by atoms with van der Waals surface area (Å²) in [4.78, 5) is 16.5. The lowest BCUT2D eigenvalue weighted by atomic mass is 10.00. The highest BCUT2D eigenvalue weighted by atomic mass is 35.5. The molecule has 3 aromatic rings. The maximum atomic E-state index is 6.07. The number of rotatable bonds is 4. The first-order valence-corrected chi connectivity index (χ1v) is 8.58. The number of hydrogen-bond acceptors (Lipinski definition) is 5. The summed E-state index contributed by atoms with van der Waals surface area (Å²) in [5.41, 5.74) is 1.69. The highest BCUT2D eigenvalue weighted by molar-refractivity contribution is 6.31. The predicted octanol–water partition coefficient (Wildman–Crippen LogP) is 3.08. The average Bonchev–Trinajstić information content (AvgIpc) is 3.04. The topological polar surface area (TPSA) is 78.5 Å². The lowest BCUT2D eigenvalue weighted by Crippen LogP contribution is -2.33. The molecule has 124 valence electrons. The number of pyridine rings is 1. The second-order valence-corrected chi connectivity index (χ2v) is 6.55. The van der Waals surface area contributed by atoms with Crippen LogP contribution in [-0.4, -0.2) is 39.6 Å². The molecule has 1 atom stereocenters. The Morgan fingerprint density at radius 2 is 2.29 bits per heavy atom. The summed E-state index contributed by atoms with van der Waals surface area (Å²) in [5.74, 6) is 2.15. The molecule has 0 aromatic carbocycles. The zero-order valence-electron chi connectivity index (χ0n) is 13.2. The van der Waals surface area contributed by atoms with Crippen LogP contribution in [0.1, 0.15) is 12.8 Å². The van der Waals surface area contributed by atoms with E-state index in [0.29, 0.717) is 16.8 Å². The Labute approximate surface area is 145 Å². The van der Waals surface area contributed by atoms with Crippen LogP contribution < -0.4 is 10.6 Å². The maximum Gasteiger partial charge on any atom is 0.163 e. The van der Waals surface area contributed by atoms with E-state index in [-0.39, 0.29) is 0 Å². The van der Waals surface area contributed by atoms with Crippen molar-refractivity contribution in [3.05, 3.63) is 35.7 Å². The quantitative estimate of drug-likeness (QED) is 0.679. The fraction of sp³-hybridized carbons (Fsp3) is 0.353. The molecule has 0 amide bonds. The van der Waals surface area contributed by atoms with Crippen LogP contribution in [0.25, 0.3) is 22.4 Å². The third kappa shape index (κ3) is 3.20. The third-order valence-electron chi connectivity index (χ3n) is 4.36. The SMILES string of the molecule is Clc1cnc2[nH]cc(-c3nccc(NCC4CCCNC4)n3)c2c1. The van der Waals surface area contributed by atoms with E-state index in [1.807, 2.05) is 18.3 Å². The minimum atomic E-state index is 0.599. The second-order valence-electron chi connectivity index (χ2n) is 6.11. The van der Waals surface area contributed by atoms with E-state index in [9.17, 15) is 0 Å². The lowest BCUT2D eigenvalue weighted by molar-refractivity contribution is 0.392. The summed E-state index contributed by atoms with van der Waals surface area (Å²) in [6, 6.07) is 3.78. The van der Waals surface area contributed by atoms with E-state index in [1.54, 1.807) is 12.4 Å². The van der Waals surface area contributed by atoms with Crippen molar-refractivity contribution in [2.75, 3.05) is 25.0 Å². The molecular weight excluding hydrogens is 324 g/mol. The van der Waals surface area contributed by atoms with Crippen molar-refractivity contribution in [3.8, 4) is 11.4 Å². The summed E-state index contributed by atoms with van der Waals surface area (Å²) >= 11 is 6.07. The standard InChI is InChI=1S/C17H19ClN6/c18-12-6-13-14(10-23-16(13)22-9-12)17-20-5-3-15(24-17)21-8-11-2-1-4-19-7-11/h3,5-6,9-11,19H,1-2,4,7-8H2,(H,22,23)(H,20,21,24). The highest BCUT2D eigenvalue weighted by Crippen LogP contribution is 2.27. The summed E-state index contributed by atoms with van der Waals surface area (Å²) in [7, 11) is 0. The number of aromatic nitrogens is 4. The molecule has 3 N–H and O–H groups in total. The number of piperidine rings is 1. The molecule has 0 saturated carbocycles. The Bertz CT molecular complexity index is 840. The Morgan fingerprint density at radius 1 is 1.33 bits per heavy atom. The summed E-state index contributed by atoms with van der Waals surface area (Å²) in [6.07, 6.45) is 7.77. The molecule has 1 unspecified atom stereocenters. The van der Waals surface area contributed by atoms with Crippen molar-refractivity contribution in [2.24, 2.45) is 5.92 Å².